The predicted octanol–water partition coefficient (Wildman–Crippen LogP) is -6.31. The summed E-state index contributed by atoms with van der Waals surface area (Å²) in [6.45, 7) is 4.47. The Labute approximate surface area is 491 Å². The standard InChI is InChI=1S/C56H92O29/c1-20(18-75-49-43(71)39(67)36(64)29(14-57)78-49)7-10-56(74)21(2)34-28(85-56)12-26-24-6-5-22-11-23(8-9-54(22,3)25(24)13-33(62)55(26,34)4)77-51-45(73)41(69)46(32(17-60)81-51)82-53-48(84-52-44(72)40(68)37(65)30(15-58)79-52)47(38(66)31(16-59)80-53)83-50-42(70)35(63)27(61)19-76-50/h20-32,34-53,57-61,63-74H,5-19H2,1-4H3/t20?,21-,22-,23-,24+,25-,26-,27+,28?,29+,30+,31+,32+,34?,35-,36+,37+,38+,39-,40-,41+,42-,43+,44+,45+,46-,47-,48+,49+,50-,51+,52-,53-,54-,55+,56+/m0/s1. The van der Waals surface area contributed by atoms with Gasteiger partial charge in [-0.25, -0.2) is 0 Å². The van der Waals surface area contributed by atoms with Gasteiger partial charge in [0.05, 0.1) is 51.8 Å². The number of hydrogen-bond donors (Lipinski definition) is 17. The van der Waals surface area contributed by atoms with Gasteiger partial charge in [0, 0.05) is 30.1 Å². The summed E-state index contributed by atoms with van der Waals surface area (Å²) in [5.41, 5.74) is -1.01. The zero-order valence-corrected chi connectivity index (χ0v) is 48.2. The molecule has 10 aliphatic rings. The SMILES string of the molecule is CC(CC[C@@]1(O)OC2C[C@H]3[C@@H]4CC[C@H]5C[C@@H](O[C@@H]6O[C@H](CO)[C@H](O[C@@H]7O[C@H](CO)[C@@H](O)[C@H](O[C@@H]8OC[C@@H](O)[C@H](O)[C@@H]8O)[C@H]7O[C@@H]7O[C@H](CO)[C@@H](O)[C@H](O)[C@H]7O)[C@H](O)[C@H]6O)CC[C@]5(C)[C@H]4CC(=O)[C@]3(C)C2[C@@H]1C)CO[C@@H]1O[C@H](CO)[C@@H](O)[C@H](O)[C@H]1O. The van der Waals surface area contributed by atoms with E-state index >= 15 is 0 Å². The Morgan fingerprint density at radius 1 is 0.576 bits per heavy atom. The third-order valence-corrected chi connectivity index (χ3v) is 21.7. The highest BCUT2D eigenvalue weighted by Crippen LogP contribution is 2.70. The summed E-state index contributed by atoms with van der Waals surface area (Å²) in [7, 11) is 0. The van der Waals surface area contributed by atoms with Crippen molar-refractivity contribution in [1.82, 2.24) is 0 Å². The van der Waals surface area contributed by atoms with Crippen molar-refractivity contribution >= 4 is 5.78 Å². The predicted molar refractivity (Wildman–Crippen MR) is 279 cm³/mol. The number of carbonyl (C=O) groups is 1. The Kier molecular flexibility index (Phi) is 20.5. The average molecular weight is 1230 g/mol. The lowest BCUT2D eigenvalue weighted by Crippen LogP contribution is -2.68. The molecule has 36 atom stereocenters. The van der Waals surface area contributed by atoms with Crippen LogP contribution in [0.3, 0.4) is 0 Å². The highest BCUT2D eigenvalue weighted by molar-refractivity contribution is 5.87. The van der Waals surface area contributed by atoms with Crippen LogP contribution in [0.2, 0.25) is 0 Å². The Bertz CT molecular complexity index is 2220. The van der Waals surface area contributed by atoms with Crippen molar-refractivity contribution in [3.05, 3.63) is 0 Å². The molecule has 3 unspecified atom stereocenters. The number of carbonyl (C=O) groups excluding carboxylic acids is 1. The number of Topliss-reactive ketones (excluding diaryl/α,β-unsaturated/α-hetero) is 1. The summed E-state index contributed by atoms with van der Waals surface area (Å²) in [6.07, 6.45) is -36.8. The van der Waals surface area contributed by atoms with Gasteiger partial charge < -0.3 is 139 Å². The molecule has 0 aromatic heterocycles. The first-order chi connectivity index (χ1) is 40.2. The second kappa shape index (κ2) is 26.3. The zero-order chi connectivity index (χ0) is 61.5. The van der Waals surface area contributed by atoms with E-state index in [9.17, 15) is 91.6 Å². The molecule has 6 aliphatic heterocycles. The lowest BCUT2D eigenvalue weighted by atomic mass is 9.44. The maximum absolute atomic E-state index is 14.9. The van der Waals surface area contributed by atoms with Gasteiger partial charge in [0.25, 0.3) is 0 Å². The van der Waals surface area contributed by atoms with Gasteiger partial charge in [-0.1, -0.05) is 27.7 Å². The van der Waals surface area contributed by atoms with Crippen molar-refractivity contribution in [3.8, 4) is 0 Å². The Hall–Kier alpha value is -1.45. The van der Waals surface area contributed by atoms with Crippen LogP contribution in [-0.4, -0.2) is 298 Å². The van der Waals surface area contributed by atoms with Crippen molar-refractivity contribution in [1.29, 1.82) is 0 Å². The van der Waals surface area contributed by atoms with E-state index in [4.69, 9.17) is 52.1 Å². The fourth-order valence-electron chi connectivity index (χ4n) is 16.5. The van der Waals surface area contributed by atoms with Gasteiger partial charge in [-0.15, -0.1) is 0 Å². The molecule has 10 fully saturated rings. The largest absolute Gasteiger partial charge is 0.394 e. The average Bonchev–Trinajstić information content (AvgIpc) is 1.70. The van der Waals surface area contributed by atoms with E-state index in [0.29, 0.717) is 38.5 Å². The van der Waals surface area contributed by atoms with Crippen LogP contribution in [0, 0.1) is 52.3 Å². The van der Waals surface area contributed by atoms with Crippen LogP contribution in [0.4, 0.5) is 0 Å². The second-order valence-corrected chi connectivity index (χ2v) is 26.5. The first-order valence-corrected chi connectivity index (χ1v) is 30.2. The normalized spacial score (nSPS) is 54.9. The molecule has 29 nitrogen and oxygen atoms in total. The molecular weight excluding hydrogens is 1140 g/mol. The highest BCUT2D eigenvalue weighted by Gasteiger charge is 2.71. The number of ether oxygens (including phenoxy) is 11. The lowest BCUT2D eigenvalue weighted by molar-refractivity contribution is -0.404. The molecule has 6 heterocycles. The number of rotatable bonds is 18. The number of aliphatic hydroxyl groups is 17. The fourth-order valence-corrected chi connectivity index (χ4v) is 16.5. The van der Waals surface area contributed by atoms with Gasteiger partial charge >= 0.3 is 0 Å². The van der Waals surface area contributed by atoms with Crippen LogP contribution in [-0.2, 0) is 56.9 Å². The van der Waals surface area contributed by atoms with Crippen molar-refractivity contribution in [2.45, 2.75) is 251 Å². The van der Waals surface area contributed by atoms with Crippen molar-refractivity contribution < 1.29 is 144 Å². The molecule has 10 rings (SSSR count). The van der Waals surface area contributed by atoms with Gasteiger partial charge in [0.2, 0.25) is 0 Å². The van der Waals surface area contributed by atoms with Gasteiger partial charge in [-0.2, -0.15) is 0 Å². The number of fused-ring (bicyclic) bond motifs is 7. The van der Waals surface area contributed by atoms with E-state index in [0.717, 1.165) is 12.8 Å². The number of ketones is 1. The van der Waals surface area contributed by atoms with E-state index in [-0.39, 0.29) is 71.8 Å². The summed E-state index contributed by atoms with van der Waals surface area (Å²) in [5, 5.41) is 182. The lowest BCUT2D eigenvalue weighted by Gasteiger charge is -2.60. The van der Waals surface area contributed by atoms with E-state index in [1.807, 2.05) is 13.8 Å². The van der Waals surface area contributed by atoms with Crippen LogP contribution < -0.4 is 0 Å². The summed E-state index contributed by atoms with van der Waals surface area (Å²) in [4.78, 5) is 14.9. The van der Waals surface area contributed by atoms with E-state index in [1.165, 1.54) is 0 Å². The molecule has 0 radical (unpaired) electrons. The molecule has 0 amide bonds. The van der Waals surface area contributed by atoms with Crippen molar-refractivity contribution in [2.75, 3.05) is 39.6 Å². The molecule has 0 aromatic rings. The van der Waals surface area contributed by atoms with Crippen LogP contribution in [0.15, 0.2) is 0 Å². The van der Waals surface area contributed by atoms with Crippen molar-refractivity contribution in [2.24, 2.45) is 52.3 Å². The quantitative estimate of drug-likeness (QED) is 0.0568. The van der Waals surface area contributed by atoms with E-state index < -0.39 is 198 Å². The van der Waals surface area contributed by atoms with Gasteiger partial charge in [0.1, 0.15) is 122 Å². The van der Waals surface area contributed by atoms with Gasteiger partial charge in [-0.05, 0) is 80.0 Å². The summed E-state index contributed by atoms with van der Waals surface area (Å²) in [5.74, 6) is -1.75. The van der Waals surface area contributed by atoms with Crippen LogP contribution in [0.5, 0.6) is 0 Å². The third-order valence-electron chi connectivity index (χ3n) is 21.7. The van der Waals surface area contributed by atoms with Gasteiger partial charge in [0.15, 0.2) is 37.2 Å². The summed E-state index contributed by atoms with van der Waals surface area (Å²) in [6, 6.07) is 0. The van der Waals surface area contributed by atoms with Crippen LogP contribution in [0.25, 0.3) is 0 Å². The number of hydrogen-bond acceptors (Lipinski definition) is 29. The Balaban J connectivity index is 0.769. The minimum absolute atomic E-state index is 0.0191. The minimum Gasteiger partial charge on any atom is -0.394 e. The molecule has 0 aromatic carbocycles. The molecule has 0 spiro atoms. The highest BCUT2D eigenvalue weighted by atomic mass is 16.8. The first-order valence-electron chi connectivity index (χ1n) is 30.2. The topological polar surface area (TPSA) is 463 Å². The van der Waals surface area contributed by atoms with Crippen molar-refractivity contribution in [3.63, 3.8) is 0 Å². The van der Waals surface area contributed by atoms with E-state index in [2.05, 4.69) is 13.8 Å². The van der Waals surface area contributed by atoms with Gasteiger partial charge in [-0.3, -0.25) is 4.79 Å². The van der Waals surface area contributed by atoms with Crippen LogP contribution >= 0.6 is 0 Å². The number of aliphatic hydroxyl groups excluding tert-OH is 16. The fraction of sp³-hybridized carbons (Fsp3) is 0.982. The Morgan fingerprint density at radius 2 is 1.13 bits per heavy atom. The summed E-state index contributed by atoms with van der Waals surface area (Å²) < 4.78 is 65.6. The van der Waals surface area contributed by atoms with Crippen LogP contribution in [0.1, 0.15) is 85.5 Å². The molecular formula is C56H92O29. The monoisotopic (exact) mass is 1230 g/mol. The first kappa shape index (κ1) is 66.5. The zero-order valence-electron chi connectivity index (χ0n) is 48.2. The molecule has 4 saturated carbocycles. The smallest absolute Gasteiger partial charge is 0.187 e. The second-order valence-electron chi connectivity index (χ2n) is 26.5. The molecule has 85 heavy (non-hydrogen) atoms. The molecule has 0 bridgehead atoms. The summed E-state index contributed by atoms with van der Waals surface area (Å²) >= 11 is 0. The Morgan fingerprint density at radius 3 is 1.79 bits per heavy atom. The molecule has 490 valence electrons. The maximum Gasteiger partial charge on any atom is 0.187 e. The molecule has 4 aliphatic carbocycles. The minimum atomic E-state index is -2.04. The molecule has 29 heteroatoms. The molecule has 6 saturated heterocycles. The van der Waals surface area contributed by atoms with E-state index in [1.54, 1.807) is 0 Å². The maximum atomic E-state index is 14.9. The molecule has 17 N–H and O–H groups in total. The third kappa shape index (κ3) is 12.1.